The molecule has 0 unspecified atom stereocenters. The SMILES string of the molecule is CCn1cc(CC=CCCBr)cn1. The Bertz CT molecular complexity index is 266. The van der Waals surface area contributed by atoms with Crippen LogP contribution in [0.1, 0.15) is 18.9 Å². The van der Waals surface area contributed by atoms with Crippen molar-refractivity contribution in [2.45, 2.75) is 26.3 Å². The van der Waals surface area contributed by atoms with Gasteiger partial charge < -0.3 is 0 Å². The van der Waals surface area contributed by atoms with E-state index in [0.29, 0.717) is 0 Å². The van der Waals surface area contributed by atoms with Crippen molar-refractivity contribution in [1.29, 1.82) is 0 Å². The maximum atomic E-state index is 4.21. The van der Waals surface area contributed by atoms with Crippen molar-refractivity contribution >= 4 is 15.9 Å². The molecule has 0 aliphatic carbocycles. The third-order valence-electron chi connectivity index (χ3n) is 1.81. The summed E-state index contributed by atoms with van der Waals surface area (Å²) in [5, 5.41) is 5.25. The number of hydrogen-bond acceptors (Lipinski definition) is 1. The normalized spacial score (nSPS) is 11.2. The number of alkyl halides is 1. The molecule has 0 fully saturated rings. The van der Waals surface area contributed by atoms with Gasteiger partial charge in [-0.2, -0.15) is 5.10 Å². The molecule has 0 radical (unpaired) electrons. The van der Waals surface area contributed by atoms with Gasteiger partial charge in [0.2, 0.25) is 0 Å². The number of nitrogens with zero attached hydrogens (tertiary/aromatic N) is 2. The highest BCUT2D eigenvalue weighted by Crippen LogP contribution is 2.00. The summed E-state index contributed by atoms with van der Waals surface area (Å²) in [6.07, 6.45) is 10.5. The van der Waals surface area contributed by atoms with Crippen molar-refractivity contribution in [1.82, 2.24) is 9.78 Å². The minimum absolute atomic E-state index is 0.950. The fourth-order valence-corrected chi connectivity index (χ4v) is 1.35. The average molecular weight is 243 g/mol. The summed E-state index contributed by atoms with van der Waals surface area (Å²) in [4.78, 5) is 0. The van der Waals surface area contributed by atoms with Crippen molar-refractivity contribution in [2.75, 3.05) is 5.33 Å². The van der Waals surface area contributed by atoms with E-state index in [9.17, 15) is 0 Å². The molecule has 2 nitrogen and oxygen atoms in total. The summed E-state index contributed by atoms with van der Waals surface area (Å²) >= 11 is 3.38. The quantitative estimate of drug-likeness (QED) is 0.574. The fourth-order valence-electron chi connectivity index (χ4n) is 1.09. The molecular formula is C10H15BrN2. The van der Waals surface area contributed by atoms with Crippen LogP contribution >= 0.6 is 15.9 Å². The van der Waals surface area contributed by atoms with E-state index < -0.39 is 0 Å². The smallest absolute Gasteiger partial charge is 0.0524 e. The zero-order chi connectivity index (χ0) is 9.52. The Morgan fingerprint density at radius 1 is 1.54 bits per heavy atom. The Hall–Kier alpha value is -0.570. The topological polar surface area (TPSA) is 17.8 Å². The van der Waals surface area contributed by atoms with Crippen LogP contribution in [0.5, 0.6) is 0 Å². The lowest BCUT2D eigenvalue weighted by Gasteiger charge is -1.90. The van der Waals surface area contributed by atoms with Gasteiger partial charge in [-0.05, 0) is 25.3 Å². The summed E-state index contributed by atoms with van der Waals surface area (Å²) in [7, 11) is 0. The molecule has 1 heterocycles. The highest BCUT2D eigenvalue weighted by molar-refractivity contribution is 9.09. The first-order valence-corrected chi connectivity index (χ1v) is 5.71. The lowest BCUT2D eigenvalue weighted by molar-refractivity contribution is 0.659. The van der Waals surface area contributed by atoms with Gasteiger partial charge in [-0.3, -0.25) is 4.68 Å². The molecule has 3 heteroatoms. The van der Waals surface area contributed by atoms with Crippen LogP contribution in [-0.4, -0.2) is 15.1 Å². The van der Waals surface area contributed by atoms with Gasteiger partial charge in [0.05, 0.1) is 6.20 Å². The molecule has 1 rings (SSSR count). The van der Waals surface area contributed by atoms with Crippen LogP contribution in [0.25, 0.3) is 0 Å². The number of aryl methyl sites for hydroxylation is 1. The van der Waals surface area contributed by atoms with Gasteiger partial charge in [-0.15, -0.1) is 0 Å². The van der Waals surface area contributed by atoms with E-state index in [1.54, 1.807) is 0 Å². The molecule has 72 valence electrons. The Morgan fingerprint density at radius 3 is 3.00 bits per heavy atom. The van der Waals surface area contributed by atoms with Gasteiger partial charge in [-0.1, -0.05) is 28.1 Å². The molecule has 0 spiro atoms. The molecular weight excluding hydrogens is 228 g/mol. The second kappa shape index (κ2) is 5.97. The minimum Gasteiger partial charge on any atom is -0.273 e. The predicted octanol–water partition coefficient (Wildman–Crippen LogP) is 2.79. The first-order chi connectivity index (χ1) is 6.36. The van der Waals surface area contributed by atoms with E-state index in [1.807, 2.05) is 10.9 Å². The Labute approximate surface area is 87.8 Å². The summed E-state index contributed by atoms with van der Waals surface area (Å²) < 4.78 is 1.95. The van der Waals surface area contributed by atoms with E-state index in [2.05, 4.69) is 46.3 Å². The summed E-state index contributed by atoms with van der Waals surface area (Å²) in [5.74, 6) is 0. The number of aromatic nitrogens is 2. The van der Waals surface area contributed by atoms with Gasteiger partial charge >= 0.3 is 0 Å². The molecule has 0 saturated carbocycles. The third kappa shape index (κ3) is 3.77. The molecule has 0 N–H and O–H groups in total. The van der Waals surface area contributed by atoms with Gasteiger partial charge in [0.15, 0.2) is 0 Å². The Morgan fingerprint density at radius 2 is 2.38 bits per heavy atom. The standard InChI is InChI=1S/C10H15BrN2/c1-2-13-9-10(8-12-13)6-4-3-5-7-11/h3-4,8-9H,2,5-7H2,1H3. The second-order valence-electron chi connectivity index (χ2n) is 2.86. The van der Waals surface area contributed by atoms with Crippen LogP contribution in [0.4, 0.5) is 0 Å². The molecule has 0 bridgehead atoms. The molecule has 0 aliphatic heterocycles. The molecule has 0 aliphatic rings. The highest BCUT2D eigenvalue weighted by atomic mass is 79.9. The minimum atomic E-state index is 0.950. The molecule has 0 amide bonds. The lowest BCUT2D eigenvalue weighted by Crippen LogP contribution is -1.92. The van der Waals surface area contributed by atoms with E-state index in [0.717, 1.165) is 24.7 Å². The zero-order valence-corrected chi connectivity index (χ0v) is 9.50. The highest BCUT2D eigenvalue weighted by Gasteiger charge is 1.93. The molecule has 0 saturated heterocycles. The van der Waals surface area contributed by atoms with Crippen LogP contribution in [0, 0.1) is 0 Å². The second-order valence-corrected chi connectivity index (χ2v) is 3.65. The summed E-state index contributed by atoms with van der Waals surface area (Å²) in [6, 6.07) is 0. The van der Waals surface area contributed by atoms with Crippen molar-refractivity contribution in [3.8, 4) is 0 Å². The lowest BCUT2D eigenvalue weighted by atomic mass is 10.2. The number of rotatable bonds is 5. The van der Waals surface area contributed by atoms with Crippen LogP contribution in [0.15, 0.2) is 24.5 Å². The largest absolute Gasteiger partial charge is 0.273 e. The first kappa shape index (κ1) is 10.5. The molecule has 0 aromatic carbocycles. The average Bonchev–Trinajstić information content (AvgIpc) is 2.60. The van der Waals surface area contributed by atoms with Crippen LogP contribution in [0.3, 0.4) is 0 Å². The van der Waals surface area contributed by atoms with E-state index >= 15 is 0 Å². The van der Waals surface area contributed by atoms with Crippen LogP contribution < -0.4 is 0 Å². The molecule has 1 aromatic heterocycles. The molecule has 13 heavy (non-hydrogen) atoms. The van der Waals surface area contributed by atoms with Crippen LogP contribution in [0.2, 0.25) is 0 Å². The number of halogens is 1. The van der Waals surface area contributed by atoms with Gasteiger partial charge in [0.1, 0.15) is 0 Å². The summed E-state index contributed by atoms with van der Waals surface area (Å²) in [5.41, 5.74) is 1.28. The third-order valence-corrected chi connectivity index (χ3v) is 2.26. The van der Waals surface area contributed by atoms with Crippen molar-refractivity contribution in [3.05, 3.63) is 30.1 Å². The van der Waals surface area contributed by atoms with Crippen LogP contribution in [-0.2, 0) is 13.0 Å². The maximum Gasteiger partial charge on any atom is 0.0524 e. The van der Waals surface area contributed by atoms with E-state index in [4.69, 9.17) is 0 Å². The van der Waals surface area contributed by atoms with E-state index in [1.165, 1.54) is 5.56 Å². The van der Waals surface area contributed by atoms with Gasteiger partial charge in [-0.25, -0.2) is 0 Å². The van der Waals surface area contributed by atoms with Gasteiger partial charge in [0.25, 0.3) is 0 Å². The monoisotopic (exact) mass is 242 g/mol. The van der Waals surface area contributed by atoms with E-state index in [-0.39, 0.29) is 0 Å². The maximum absolute atomic E-state index is 4.21. The molecule has 0 atom stereocenters. The number of allylic oxidation sites excluding steroid dienone is 2. The van der Waals surface area contributed by atoms with Gasteiger partial charge in [0, 0.05) is 18.1 Å². The predicted molar refractivity (Wildman–Crippen MR) is 59.2 cm³/mol. The van der Waals surface area contributed by atoms with Crippen molar-refractivity contribution < 1.29 is 0 Å². The zero-order valence-electron chi connectivity index (χ0n) is 7.91. The Balaban J connectivity index is 2.36. The summed E-state index contributed by atoms with van der Waals surface area (Å²) in [6.45, 7) is 3.04. The van der Waals surface area contributed by atoms with Crippen molar-refractivity contribution in [2.24, 2.45) is 0 Å². The number of hydrogen-bond donors (Lipinski definition) is 0. The first-order valence-electron chi connectivity index (χ1n) is 4.59. The fraction of sp³-hybridized carbons (Fsp3) is 0.500. The molecule has 1 aromatic rings. The van der Waals surface area contributed by atoms with Crippen molar-refractivity contribution in [3.63, 3.8) is 0 Å². The Kier molecular flexibility index (Phi) is 4.83.